The van der Waals surface area contributed by atoms with Crippen LogP contribution in [0.1, 0.15) is 24.4 Å². The summed E-state index contributed by atoms with van der Waals surface area (Å²) in [7, 11) is 0. The van der Waals surface area contributed by atoms with Crippen molar-refractivity contribution in [3.05, 3.63) is 58.6 Å². The summed E-state index contributed by atoms with van der Waals surface area (Å²) in [5, 5.41) is 10.8. The van der Waals surface area contributed by atoms with E-state index in [0.29, 0.717) is 16.2 Å². The predicted octanol–water partition coefficient (Wildman–Crippen LogP) is 3.23. The quantitative estimate of drug-likeness (QED) is 0.568. The summed E-state index contributed by atoms with van der Waals surface area (Å²) in [4.78, 5) is 16.9. The van der Waals surface area contributed by atoms with Crippen LogP contribution in [0.15, 0.2) is 57.7 Å². The second kappa shape index (κ2) is 5.42. The van der Waals surface area contributed by atoms with Gasteiger partial charge in [-0.15, -0.1) is 10.2 Å². The van der Waals surface area contributed by atoms with E-state index >= 15 is 0 Å². The van der Waals surface area contributed by atoms with Gasteiger partial charge in [0.05, 0.1) is 5.52 Å². The molecule has 1 aliphatic carbocycles. The van der Waals surface area contributed by atoms with Crippen LogP contribution in [0.3, 0.4) is 0 Å². The largest absolute Gasteiger partial charge is 0.309 e. The van der Waals surface area contributed by atoms with E-state index in [1.807, 2.05) is 28.7 Å². The number of hydrogen-bond acceptors (Lipinski definition) is 5. The summed E-state index contributed by atoms with van der Waals surface area (Å²) >= 11 is 1.28. The third kappa shape index (κ3) is 2.34. The number of benzene rings is 1. The number of aromatic nitrogens is 5. The van der Waals surface area contributed by atoms with Crippen molar-refractivity contribution >= 4 is 28.3 Å². The van der Waals surface area contributed by atoms with Gasteiger partial charge in [0.1, 0.15) is 0 Å². The molecule has 4 aromatic rings. The molecule has 0 bridgehead atoms. The van der Waals surface area contributed by atoms with Gasteiger partial charge in [-0.25, -0.2) is 4.98 Å². The highest BCUT2D eigenvalue weighted by Gasteiger charge is 2.26. The van der Waals surface area contributed by atoms with Crippen LogP contribution < -0.4 is 5.56 Å². The summed E-state index contributed by atoms with van der Waals surface area (Å²) in [6.45, 7) is 2.07. The standard InChI is InChI=1S/C18H15N5OS/c1-11-10-15-20-21-18(23(15)14-5-3-2-4-13(11)14)25-16-17(24)22(9-8-19-16)12-6-7-12/h2-5,8-10,12H,6-7H2,1H3. The lowest BCUT2D eigenvalue weighted by atomic mass is 10.1. The molecule has 6 nitrogen and oxygen atoms in total. The SMILES string of the molecule is Cc1cc2nnc(Sc3nccn(C4CC4)c3=O)n2c2ccccc12. The number of rotatable bonds is 3. The normalized spacial score (nSPS) is 14.4. The molecule has 1 aromatic carbocycles. The molecule has 0 radical (unpaired) electrons. The van der Waals surface area contributed by atoms with E-state index in [1.54, 1.807) is 17.0 Å². The minimum Gasteiger partial charge on any atom is -0.309 e. The number of aryl methyl sites for hydroxylation is 1. The zero-order valence-electron chi connectivity index (χ0n) is 13.6. The van der Waals surface area contributed by atoms with Crippen LogP contribution >= 0.6 is 11.8 Å². The van der Waals surface area contributed by atoms with Gasteiger partial charge in [-0.1, -0.05) is 18.2 Å². The summed E-state index contributed by atoms with van der Waals surface area (Å²) in [5.41, 5.74) is 2.91. The molecule has 1 saturated carbocycles. The molecule has 3 heterocycles. The fourth-order valence-electron chi connectivity index (χ4n) is 3.14. The van der Waals surface area contributed by atoms with Crippen molar-refractivity contribution in [2.75, 3.05) is 0 Å². The topological polar surface area (TPSA) is 65.1 Å². The molecule has 0 spiro atoms. The van der Waals surface area contributed by atoms with Crippen molar-refractivity contribution < 1.29 is 0 Å². The number of nitrogens with zero attached hydrogens (tertiary/aromatic N) is 5. The summed E-state index contributed by atoms with van der Waals surface area (Å²) < 4.78 is 3.77. The zero-order valence-corrected chi connectivity index (χ0v) is 14.4. The maximum Gasteiger partial charge on any atom is 0.283 e. The van der Waals surface area contributed by atoms with Crippen molar-refractivity contribution in [1.82, 2.24) is 24.1 Å². The molecule has 5 rings (SSSR count). The predicted molar refractivity (Wildman–Crippen MR) is 96.1 cm³/mol. The highest BCUT2D eigenvalue weighted by Crippen LogP contribution is 2.34. The fourth-order valence-corrected chi connectivity index (χ4v) is 3.99. The second-order valence-corrected chi connectivity index (χ2v) is 7.25. The van der Waals surface area contributed by atoms with Gasteiger partial charge >= 0.3 is 0 Å². The van der Waals surface area contributed by atoms with E-state index in [9.17, 15) is 4.79 Å². The number of pyridine rings is 1. The Kier molecular flexibility index (Phi) is 3.18. The summed E-state index contributed by atoms with van der Waals surface area (Å²) in [5.74, 6) is 0. The third-order valence-electron chi connectivity index (χ3n) is 4.54. The Labute approximate surface area is 147 Å². The van der Waals surface area contributed by atoms with Crippen LogP contribution in [0, 0.1) is 6.92 Å². The van der Waals surface area contributed by atoms with Gasteiger partial charge in [0, 0.05) is 23.8 Å². The van der Waals surface area contributed by atoms with E-state index in [4.69, 9.17) is 0 Å². The molecule has 3 aromatic heterocycles. The van der Waals surface area contributed by atoms with Crippen LogP contribution in [0.25, 0.3) is 16.6 Å². The molecule has 0 atom stereocenters. The van der Waals surface area contributed by atoms with Crippen molar-refractivity contribution in [2.24, 2.45) is 0 Å². The van der Waals surface area contributed by atoms with Crippen molar-refractivity contribution in [3.8, 4) is 0 Å². The van der Waals surface area contributed by atoms with Crippen LogP contribution in [0.2, 0.25) is 0 Å². The maximum absolute atomic E-state index is 12.7. The third-order valence-corrected chi connectivity index (χ3v) is 5.46. The van der Waals surface area contributed by atoms with Crippen LogP contribution in [-0.2, 0) is 0 Å². The molecular formula is C18H15N5OS. The lowest BCUT2D eigenvalue weighted by Gasteiger charge is -2.07. The van der Waals surface area contributed by atoms with Gasteiger partial charge in [-0.2, -0.15) is 0 Å². The summed E-state index contributed by atoms with van der Waals surface area (Å²) in [6.07, 6.45) is 5.58. The molecule has 0 amide bonds. The van der Waals surface area contributed by atoms with Crippen molar-refractivity contribution in [1.29, 1.82) is 0 Å². The first-order valence-electron chi connectivity index (χ1n) is 8.21. The summed E-state index contributed by atoms with van der Waals surface area (Å²) in [6, 6.07) is 10.5. The highest BCUT2D eigenvalue weighted by atomic mass is 32.2. The fraction of sp³-hybridized carbons (Fsp3) is 0.222. The van der Waals surface area contributed by atoms with Crippen molar-refractivity contribution in [2.45, 2.75) is 36.0 Å². The molecule has 1 fully saturated rings. The Morgan fingerprint density at radius 3 is 2.88 bits per heavy atom. The molecule has 25 heavy (non-hydrogen) atoms. The molecular weight excluding hydrogens is 334 g/mol. The second-order valence-electron chi connectivity index (χ2n) is 6.30. The zero-order chi connectivity index (χ0) is 17.0. The molecule has 7 heteroatoms. The van der Waals surface area contributed by atoms with Gasteiger partial charge < -0.3 is 4.57 Å². The smallest absolute Gasteiger partial charge is 0.283 e. The van der Waals surface area contributed by atoms with Gasteiger partial charge in [-0.3, -0.25) is 9.20 Å². The van der Waals surface area contributed by atoms with E-state index in [0.717, 1.165) is 35.0 Å². The maximum atomic E-state index is 12.7. The van der Waals surface area contributed by atoms with Crippen LogP contribution in [0.4, 0.5) is 0 Å². The first-order valence-corrected chi connectivity index (χ1v) is 9.02. The Balaban J connectivity index is 1.68. The average molecular weight is 349 g/mol. The number of fused-ring (bicyclic) bond motifs is 3. The molecule has 0 unspecified atom stereocenters. The molecule has 0 saturated heterocycles. The number of para-hydroxylation sites is 1. The van der Waals surface area contributed by atoms with Gasteiger partial charge in [0.2, 0.25) is 5.16 Å². The Morgan fingerprint density at radius 2 is 2.04 bits per heavy atom. The molecule has 0 aliphatic heterocycles. The Hall–Kier alpha value is -2.67. The molecule has 1 aliphatic rings. The van der Waals surface area contributed by atoms with Gasteiger partial charge in [0.15, 0.2) is 10.7 Å². The lowest BCUT2D eigenvalue weighted by molar-refractivity contribution is 0.674. The number of hydrogen-bond donors (Lipinski definition) is 0. The van der Waals surface area contributed by atoms with E-state index in [-0.39, 0.29) is 5.56 Å². The van der Waals surface area contributed by atoms with Crippen molar-refractivity contribution in [3.63, 3.8) is 0 Å². The van der Waals surface area contributed by atoms with Crippen LogP contribution in [-0.4, -0.2) is 24.1 Å². The van der Waals surface area contributed by atoms with Gasteiger partial charge in [0.25, 0.3) is 5.56 Å². The first-order chi connectivity index (χ1) is 12.2. The Bertz CT molecular complexity index is 1180. The van der Waals surface area contributed by atoms with E-state index in [2.05, 4.69) is 28.2 Å². The minimum absolute atomic E-state index is 0.0526. The first kappa shape index (κ1) is 14.7. The monoisotopic (exact) mass is 349 g/mol. The average Bonchev–Trinajstić information content (AvgIpc) is 3.39. The molecule has 124 valence electrons. The van der Waals surface area contributed by atoms with E-state index < -0.39 is 0 Å². The Morgan fingerprint density at radius 1 is 1.20 bits per heavy atom. The highest BCUT2D eigenvalue weighted by molar-refractivity contribution is 7.99. The van der Waals surface area contributed by atoms with Crippen LogP contribution in [0.5, 0.6) is 0 Å². The molecule has 0 N–H and O–H groups in total. The lowest BCUT2D eigenvalue weighted by Crippen LogP contribution is -2.21. The van der Waals surface area contributed by atoms with E-state index in [1.165, 1.54) is 11.8 Å². The van der Waals surface area contributed by atoms with Gasteiger partial charge in [-0.05, 0) is 49.2 Å². The minimum atomic E-state index is -0.0526.